The van der Waals surface area contributed by atoms with Crippen molar-refractivity contribution in [3.05, 3.63) is 0 Å². The molecule has 0 aromatic carbocycles. The van der Waals surface area contributed by atoms with Gasteiger partial charge in [0.1, 0.15) is 5.60 Å². The molecule has 17 heavy (non-hydrogen) atoms. The minimum atomic E-state index is -0.488. The second-order valence-electron chi connectivity index (χ2n) is 5.26. The predicted octanol–water partition coefficient (Wildman–Crippen LogP) is 1.71. The van der Waals surface area contributed by atoms with Crippen LogP contribution in [-0.2, 0) is 14.2 Å². The van der Waals surface area contributed by atoms with Crippen LogP contribution in [-0.4, -0.2) is 44.2 Å². The lowest BCUT2D eigenvalue weighted by Gasteiger charge is -2.26. The number of hydrogen-bond acceptors (Lipinski definition) is 4. The first-order valence-electron chi connectivity index (χ1n) is 6.02. The van der Waals surface area contributed by atoms with Gasteiger partial charge in [-0.05, 0) is 33.6 Å². The largest absolute Gasteiger partial charge is 0.444 e. The fourth-order valence-electron chi connectivity index (χ4n) is 1.80. The van der Waals surface area contributed by atoms with Crippen LogP contribution < -0.4 is 5.32 Å². The van der Waals surface area contributed by atoms with E-state index >= 15 is 0 Å². The Balaban J connectivity index is 2.45. The molecule has 0 aromatic heterocycles. The molecule has 1 fully saturated rings. The minimum Gasteiger partial charge on any atom is -0.444 e. The van der Waals surface area contributed by atoms with Crippen LogP contribution in [0.2, 0.25) is 0 Å². The maximum Gasteiger partial charge on any atom is 0.408 e. The van der Waals surface area contributed by atoms with Crippen LogP contribution in [0.4, 0.5) is 4.79 Å². The number of methoxy groups -OCH3 is 1. The topological polar surface area (TPSA) is 56.8 Å². The Morgan fingerprint density at radius 1 is 1.53 bits per heavy atom. The average molecular weight is 245 g/mol. The summed E-state index contributed by atoms with van der Waals surface area (Å²) in [6.45, 7) is 6.70. The van der Waals surface area contributed by atoms with Crippen molar-refractivity contribution >= 4 is 6.09 Å². The summed E-state index contributed by atoms with van der Waals surface area (Å²) in [6, 6.07) is -0.141. The van der Waals surface area contributed by atoms with Gasteiger partial charge in [0.15, 0.2) is 0 Å². The highest BCUT2D eigenvalue weighted by Gasteiger charge is 2.28. The molecule has 1 N–H and O–H groups in total. The monoisotopic (exact) mass is 245 g/mol. The highest BCUT2D eigenvalue weighted by Crippen LogP contribution is 2.16. The van der Waals surface area contributed by atoms with E-state index in [4.69, 9.17) is 14.2 Å². The molecule has 1 aliphatic rings. The van der Waals surface area contributed by atoms with Crippen LogP contribution in [0.5, 0.6) is 0 Å². The maximum atomic E-state index is 11.7. The number of ether oxygens (including phenoxy) is 3. The lowest BCUT2D eigenvalue weighted by molar-refractivity contribution is 0.0212. The highest BCUT2D eigenvalue weighted by atomic mass is 16.6. The summed E-state index contributed by atoms with van der Waals surface area (Å²) < 4.78 is 15.9. The van der Waals surface area contributed by atoms with Crippen molar-refractivity contribution in [3.8, 4) is 0 Å². The normalized spacial score (nSPS) is 22.2. The third kappa shape index (κ3) is 5.37. The zero-order chi connectivity index (χ0) is 12.9. The van der Waals surface area contributed by atoms with Crippen LogP contribution in [0.25, 0.3) is 0 Å². The van der Waals surface area contributed by atoms with Gasteiger partial charge >= 0.3 is 6.09 Å². The molecular formula is C12H23NO4. The molecule has 0 saturated carbocycles. The van der Waals surface area contributed by atoms with Gasteiger partial charge in [-0.3, -0.25) is 0 Å². The van der Waals surface area contributed by atoms with Crippen LogP contribution in [0.15, 0.2) is 0 Å². The molecule has 5 nitrogen and oxygen atoms in total. The van der Waals surface area contributed by atoms with Gasteiger partial charge in [-0.15, -0.1) is 0 Å². The summed E-state index contributed by atoms with van der Waals surface area (Å²) >= 11 is 0. The molecule has 1 amide bonds. The number of carbonyl (C=O) groups excluding carboxylic acids is 1. The fourth-order valence-corrected chi connectivity index (χ4v) is 1.80. The first-order chi connectivity index (χ1) is 7.92. The molecule has 0 bridgehead atoms. The van der Waals surface area contributed by atoms with Crippen molar-refractivity contribution < 1.29 is 19.0 Å². The molecule has 1 heterocycles. The first kappa shape index (κ1) is 14.3. The summed E-state index contributed by atoms with van der Waals surface area (Å²) in [7, 11) is 1.61. The molecule has 0 aromatic rings. The molecule has 0 aliphatic carbocycles. The van der Waals surface area contributed by atoms with Crippen molar-refractivity contribution in [3.63, 3.8) is 0 Å². The van der Waals surface area contributed by atoms with Gasteiger partial charge in [-0.25, -0.2) is 4.79 Å². The number of nitrogens with one attached hydrogen (secondary N) is 1. The van der Waals surface area contributed by atoms with Crippen LogP contribution in [0.3, 0.4) is 0 Å². The van der Waals surface area contributed by atoms with Crippen LogP contribution in [0, 0.1) is 0 Å². The maximum absolute atomic E-state index is 11.7. The lowest BCUT2D eigenvalue weighted by Crippen LogP contribution is -2.47. The Bertz CT molecular complexity index is 243. The molecular weight excluding hydrogens is 222 g/mol. The average Bonchev–Trinajstić information content (AvgIpc) is 2.66. The number of rotatable bonds is 4. The van der Waals surface area contributed by atoms with E-state index < -0.39 is 11.7 Å². The van der Waals surface area contributed by atoms with Crippen molar-refractivity contribution in [2.24, 2.45) is 0 Å². The summed E-state index contributed by atoms with van der Waals surface area (Å²) in [5, 5.41) is 2.81. The number of amides is 1. The number of hydrogen-bond donors (Lipinski definition) is 1. The van der Waals surface area contributed by atoms with E-state index in [0.29, 0.717) is 6.61 Å². The molecule has 1 aliphatic heterocycles. The van der Waals surface area contributed by atoms with Gasteiger partial charge in [-0.1, -0.05) is 0 Å². The van der Waals surface area contributed by atoms with Crippen molar-refractivity contribution in [2.45, 2.75) is 51.4 Å². The summed E-state index contributed by atoms with van der Waals surface area (Å²) in [4.78, 5) is 11.7. The Kier molecular flexibility index (Phi) is 5.21. The Morgan fingerprint density at radius 3 is 2.71 bits per heavy atom. The van der Waals surface area contributed by atoms with Crippen molar-refractivity contribution in [2.75, 3.05) is 20.3 Å². The van der Waals surface area contributed by atoms with E-state index in [9.17, 15) is 4.79 Å². The fraction of sp³-hybridized carbons (Fsp3) is 0.917. The molecule has 2 atom stereocenters. The second kappa shape index (κ2) is 6.21. The van der Waals surface area contributed by atoms with Crippen molar-refractivity contribution in [1.29, 1.82) is 0 Å². The molecule has 1 rings (SSSR count). The lowest BCUT2D eigenvalue weighted by atomic mass is 10.1. The Morgan fingerprint density at radius 2 is 2.24 bits per heavy atom. The predicted molar refractivity (Wildman–Crippen MR) is 64.0 cm³/mol. The molecule has 5 heteroatoms. The van der Waals surface area contributed by atoms with E-state index in [-0.39, 0.29) is 12.1 Å². The van der Waals surface area contributed by atoms with Crippen LogP contribution in [0.1, 0.15) is 33.6 Å². The zero-order valence-electron chi connectivity index (χ0n) is 11.1. The molecule has 1 saturated heterocycles. The Labute approximate surface area is 103 Å². The smallest absolute Gasteiger partial charge is 0.408 e. The second-order valence-corrected chi connectivity index (χ2v) is 5.26. The number of carbonyl (C=O) groups is 1. The van der Waals surface area contributed by atoms with E-state index in [1.54, 1.807) is 7.11 Å². The standard InChI is InChI=1S/C12H23NO4/c1-12(2,3)17-11(14)13-9(8-15-4)10-6-5-7-16-10/h9-10H,5-8H2,1-4H3,(H,13,14). The highest BCUT2D eigenvalue weighted by molar-refractivity contribution is 5.68. The van der Waals surface area contributed by atoms with Crippen LogP contribution >= 0.6 is 0 Å². The van der Waals surface area contributed by atoms with E-state index in [0.717, 1.165) is 19.4 Å². The van der Waals surface area contributed by atoms with Gasteiger partial charge in [0.05, 0.1) is 18.8 Å². The summed E-state index contributed by atoms with van der Waals surface area (Å²) in [5.74, 6) is 0. The molecule has 0 radical (unpaired) electrons. The molecule has 100 valence electrons. The van der Waals surface area contributed by atoms with Gasteiger partial charge in [0.25, 0.3) is 0 Å². The van der Waals surface area contributed by atoms with Gasteiger partial charge in [0, 0.05) is 13.7 Å². The number of alkyl carbamates (subject to hydrolysis) is 1. The van der Waals surface area contributed by atoms with Gasteiger partial charge in [0.2, 0.25) is 0 Å². The summed E-state index contributed by atoms with van der Waals surface area (Å²) in [6.07, 6.45) is 1.59. The SMILES string of the molecule is COCC(NC(=O)OC(C)(C)C)C1CCCO1. The van der Waals surface area contributed by atoms with E-state index in [2.05, 4.69) is 5.32 Å². The summed E-state index contributed by atoms with van der Waals surface area (Å²) in [5.41, 5.74) is -0.488. The first-order valence-corrected chi connectivity index (χ1v) is 6.02. The van der Waals surface area contributed by atoms with Gasteiger partial charge in [-0.2, -0.15) is 0 Å². The molecule has 2 unspecified atom stereocenters. The third-order valence-corrected chi connectivity index (χ3v) is 2.46. The van der Waals surface area contributed by atoms with Crippen molar-refractivity contribution in [1.82, 2.24) is 5.32 Å². The van der Waals surface area contributed by atoms with E-state index in [1.165, 1.54) is 0 Å². The third-order valence-electron chi connectivity index (χ3n) is 2.46. The van der Waals surface area contributed by atoms with E-state index in [1.807, 2.05) is 20.8 Å². The Hall–Kier alpha value is -0.810. The minimum absolute atomic E-state index is 0.0301. The van der Waals surface area contributed by atoms with Gasteiger partial charge < -0.3 is 19.5 Å². The zero-order valence-corrected chi connectivity index (χ0v) is 11.1. The molecule has 0 spiro atoms. The quantitative estimate of drug-likeness (QED) is 0.819.